The maximum atomic E-state index is 12.5. The van der Waals surface area contributed by atoms with E-state index in [-0.39, 0.29) is 10.7 Å². The molecule has 0 aliphatic carbocycles. The highest BCUT2D eigenvalue weighted by atomic mass is 32.2. The fourth-order valence-corrected chi connectivity index (χ4v) is 3.00. The molecule has 0 unspecified atom stereocenters. The number of nitro groups is 1. The Hall–Kier alpha value is -2.95. The summed E-state index contributed by atoms with van der Waals surface area (Å²) >= 11 is 0. The molecule has 1 N–H and O–H groups in total. The first-order chi connectivity index (χ1) is 12.0. The number of halogens is 3. The van der Waals surface area contributed by atoms with Gasteiger partial charge in [0.15, 0.2) is 0 Å². The molecule has 0 bridgehead atoms. The van der Waals surface area contributed by atoms with Crippen LogP contribution in [0, 0.1) is 17.0 Å². The molecule has 0 fully saturated rings. The number of nitrogens with zero attached hydrogens (tertiary/aromatic N) is 2. The fourth-order valence-electron chi connectivity index (χ4n) is 1.85. The third kappa shape index (κ3) is 4.36. The lowest BCUT2D eigenvalue weighted by Crippen LogP contribution is -2.14. The van der Waals surface area contributed by atoms with E-state index in [1.54, 1.807) is 6.92 Å². The van der Waals surface area contributed by atoms with Crippen molar-refractivity contribution in [2.75, 3.05) is 5.32 Å². The number of nitrogens with one attached hydrogen (secondary N) is 1. The van der Waals surface area contributed by atoms with Crippen LogP contribution < -0.4 is 5.32 Å². The fraction of sp³-hybridized carbons (Fsp3) is 0.133. The van der Waals surface area contributed by atoms with E-state index in [0.717, 1.165) is 11.6 Å². The van der Waals surface area contributed by atoms with Crippen LogP contribution in [-0.2, 0) is 16.0 Å². The van der Waals surface area contributed by atoms with E-state index in [4.69, 9.17) is 0 Å². The van der Waals surface area contributed by atoms with Crippen molar-refractivity contribution in [3.63, 3.8) is 0 Å². The van der Waals surface area contributed by atoms with Gasteiger partial charge in [0.25, 0.3) is 9.84 Å². The minimum Gasteiger partial charge on any atom is -0.340 e. The van der Waals surface area contributed by atoms with Crippen LogP contribution in [0.2, 0.25) is 0 Å². The van der Waals surface area contributed by atoms with Gasteiger partial charge in [0.05, 0.1) is 21.6 Å². The Bertz CT molecular complexity index is 938. The molecule has 1 aromatic carbocycles. The third-order valence-electron chi connectivity index (χ3n) is 3.22. The van der Waals surface area contributed by atoms with E-state index in [1.165, 1.54) is 24.3 Å². The Kier molecular flexibility index (Phi) is 5.30. The van der Waals surface area contributed by atoms with Crippen molar-refractivity contribution in [1.82, 2.24) is 4.98 Å². The molecule has 138 valence electrons. The molecule has 2 rings (SSSR count). The van der Waals surface area contributed by atoms with Crippen molar-refractivity contribution in [2.24, 2.45) is 0 Å². The van der Waals surface area contributed by atoms with Gasteiger partial charge in [-0.2, -0.15) is 13.2 Å². The van der Waals surface area contributed by atoms with Crippen LogP contribution >= 0.6 is 0 Å². The van der Waals surface area contributed by atoms with Gasteiger partial charge >= 0.3 is 11.2 Å². The summed E-state index contributed by atoms with van der Waals surface area (Å²) in [6.45, 7) is 1.72. The summed E-state index contributed by atoms with van der Waals surface area (Å²) in [4.78, 5) is 13.2. The minimum atomic E-state index is -4.58. The van der Waals surface area contributed by atoms with Gasteiger partial charge in [0.2, 0.25) is 0 Å². The zero-order valence-corrected chi connectivity index (χ0v) is 14.0. The van der Waals surface area contributed by atoms with Gasteiger partial charge in [-0.25, -0.2) is 13.4 Å². The minimum absolute atomic E-state index is 0.184. The quantitative estimate of drug-likeness (QED) is 0.623. The standard InChI is InChI=1S/C15H12F3N3O4S/c1-10-2-5-12(6-3-10)26(24,25)14(21(22)23)9-20-13-7-4-11(8-19-13)15(16,17)18/h2-9H,1H3,(H,19,20)/b14-9+. The molecule has 0 aliphatic heterocycles. The number of aromatic nitrogens is 1. The highest BCUT2D eigenvalue weighted by Gasteiger charge is 2.32. The van der Waals surface area contributed by atoms with E-state index in [0.29, 0.717) is 18.5 Å². The number of pyridine rings is 1. The van der Waals surface area contributed by atoms with Crippen molar-refractivity contribution in [1.29, 1.82) is 0 Å². The van der Waals surface area contributed by atoms with E-state index in [9.17, 15) is 31.7 Å². The van der Waals surface area contributed by atoms with E-state index in [2.05, 4.69) is 10.3 Å². The largest absolute Gasteiger partial charge is 0.417 e. The molecular formula is C15H12F3N3O4S. The summed E-state index contributed by atoms with van der Waals surface area (Å²) in [7, 11) is -4.43. The zero-order valence-electron chi connectivity index (χ0n) is 13.2. The van der Waals surface area contributed by atoms with Crippen LogP contribution in [0.25, 0.3) is 0 Å². The Morgan fingerprint density at radius 1 is 1.19 bits per heavy atom. The highest BCUT2D eigenvalue weighted by Crippen LogP contribution is 2.29. The molecule has 0 atom stereocenters. The summed E-state index contributed by atoms with van der Waals surface area (Å²) < 4.78 is 62.2. The van der Waals surface area contributed by atoms with E-state index in [1.807, 2.05) is 0 Å². The molecule has 0 saturated heterocycles. The maximum Gasteiger partial charge on any atom is 0.417 e. The second-order valence-corrected chi connectivity index (χ2v) is 7.03. The lowest BCUT2D eigenvalue weighted by Gasteiger charge is -2.07. The topological polar surface area (TPSA) is 102 Å². The van der Waals surface area contributed by atoms with E-state index < -0.39 is 31.5 Å². The van der Waals surface area contributed by atoms with Crippen molar-refractivity contribution in [3.05, 3.63) is 75.1 Å². The molecular weight excluding hydrogens is 375 g/mol. The first-order valence-electron chi connectivity index (χ1n) is 6.98. The number of hydrogen-bond acceptors (Lipinski definition) is 6. The second-order valence-electron chi connectivity index (χ2n) is 5.13. The predicted molar refractivity (Wildman–Crippen MR) is 86.3 cm³/mol. The van der Waals surface area contributed by atoms with Crippen LogP contribution in [0.3, 0.4) is 0 Å². The predicted octanol–water partition coefficient (Wildman–Crippen LogP) is 3.37. The molecule has 7 nitrogen and oxygen atoms in total. The Labute approximate surface area is 146 Å². The van der Waals surface area contributed by atoms with Crippen LogP contribution in [0.4, 0.5) is 19.0 Å². The van der Waals surface area contributed by atoms with Gasteiger partial charge < -0.3 is 5.32 Å². The SMILES string of the molecule is Cc1ccc(S(=O)(=O)/C(=C/Nc2ccc(C(F)(F)F)cn2)[N+](=O)[O-])cc1. The lowest BCUT2D eigenvalue weighted by molar-refractivity contribution is -0.411. The number of alkyl halides is 3. The van der Waals surface area contributed by atoms with Crippen LogP contribution in [0.5, 0.6) is 0 Å². The van der Waals surface area contributed by atoms with Gasteiger partial charge in [-0.1, -0.05) is 17.7 Å². The molecule has 0 aliphatic rings. The maximum absolute atomic E-state index is 12.5. The number of anilines is 1. The van der Waals surface area contributed by atoms with Crippen LogP contribution in [0.15, 0.2) is 58.7 Å². The molecule has 1 heterocycles. The Balaban J connectivity index is 2.32. The highest BCUT2D eigenvalue weighted by molar-refractivity contribution is 7.95. The van der Waals surface area contributed by atoms with Crippen molar-refractivity contribution in [3.8, 4) is 0 Å². The zero-order chi connectivity index (χ0) is 19.5. The number of rotatable bonds is 5. The summed E-state index contributed by atoms with van der Waals surface area (Å²) in [5.41, 5.74) is -0.239. The second kappa shape index (κ2) is 7.12. The monoisotopic (exact) mass is 387 g/mol. The molecule has 26 heavy (non-hydrogen) atoms. The normalized spacial score (nSPS) is 12.7. The van der Waals surface area contributed by atoms with Gasteiger partial charge in [0, 0.05) is 6.20 Å². The van der Waals surface area contributed by atoms with Crippen molar-refractivity contribution in [2.45, 2.75) is 18.0 Å². The molecule has 11 heteroatoms. The molecule has 0 radical (unpaired) electrons. The van der Waals surface area contributed by atoms with Gasteiger partial charge in [-0.15, -0.1) is 0 Å². The molecule has 0 saturated carbocycles. The number of benzene rings is 1. The van der Waals surface area contributed by atoms with E-state index >= 15 is 0 Å². The molecule has 0 spiro atoms. The number of hydrogen-bond donors (Lipinski definition) is 1. The average Bonchev–Trinajstić information content (AvgIpc) is 2.54. The molecule has 1 aromatic heterocycles. The Morgan fingerprint density at radius 3 is 2.27 bits per heavy atom. The van der Waals surface area contributed by atoms with Crippen LogP contribution in [-0.4, -0.2) is 18.3 Å². The lowest BCUT2D eigenvalue weighted by atomic mass is 10.2. The van der Waals surface area contributed by atoms with Crippen LogP contribution in [0.1, 0.15) is 11.1 Å². The van der Waals surface area contributed by atoms with Gasteiger partial charge in [-0.3, -0.25) is 10.1 Å². The molecule has 0 amide bonds. The smallest absolute Gasteiger partial charge is 0.340 e. The summed E-state index contributed by atoms with van der Waals surface area (Å²) in [5.74, 6) is -0.184. The summed E-state index contributed by atoms with van der Waals surface area (Å²) in [6.07, 6.45) is -3.48. The third-order valence-corrected chi connectivity index (χ3v) is 4.93. The first-order valence-corrected chi connectivity index (χ1v) is 8.46. The summed E-state index contributed by atoms with van der Waals surface area (Å²) in [6, 6.07) is 7.04. The van der Waals surface area contributed by atoms with Crippen molar-refractivity contribution < 1.29 is 26.5 Å². The molecule has 2 aromatic rings. The summed E-state index contributed by atoms with van der Waals surface area (Å²) in [5, 5.41) is 12.2. The van der Waals surface area contributed by atoms with Gasteiger partial charge in [0.1, 0.15) is 5.82 Å². The Morgan fingerprint density at radius 2 is 1.81 bits per heavy atom. The van der Waals surface area contributed by atoms with Crippen molar-refractivity contribution >= 4 is 15.7 Å². The number of sulfone groups is 1. The van der Waals surface area contributed by atoms with Gasteiger partial charge in [-0.05, 0) is 31.2 Å². The first kappa shape index (κ1) is 19.4. The average molecular weight is 387 g/mol. The number of aryl methyl sites for hydroxylation is 1.